The van der Waals surface area contributed by atoms with Gasteiger partial charge in [0.2, 0.25) is 0 Å². The lowest BCUT2D eigenvalue weighted by Crippen LogP contribution is -2.57. The van der Waals surface area contributed by atoms with Gasteiger partial charge < -0.3 is 19.9 Å². The first-order chi connectivity index (χ1) is 11.6. The number of aliphatic imine (C=N–C) groups is 1. The number of likely N-dealkylation sites (tertiary alicyclic amines) is 1. The second kappa shape index (κ2) is 7.61. The van der Waals surface area contributed by atoms with Gasteiger partial charge in [0, 0.05) is 45.4 Å². The zero-order chi connectivity index (χ0) is 17.0. The molecule has 0 aromatic carbocycles. The van der Waals surface area contributed by atoms with Crippen molar-refractivity contribution < 1.29 is 4.74 Å². The van der Waals surface area contributed by atoms with Crippen molar-refractivity contribution >= 4 is 5.96 Å². The third-order valence-electron chi connectivity index (χ3n) is 6.81. The highest BCUT2D eigenvalue weighted by molar-refractivity contribution is 5.80. The molecule has 0 unspecified atom stereocenters. The lowest BCUT2D eigenvalue weighted by molar-refractivity contribution is -0.00523. The third-order valence-corrected chi connectivity index (χ3v) is 6.81. The van der Waals surface area contributed by atoms with E-state index in [0.717, 1.165) is 45.1 Å². The van der Waals surface area contributed by atoms with Crippen LogP contribution in [0.15, 0.2) is 4.99 Å². The van der Waals surface area contributed by atoms with E-state index < -0.39 is 0 Å². The summed E-state index contributed by atoms with van der Waals surface area (Å²) < 4.78 is 5.59. The van der Waals surface area contributed by atoms with Gasteiger partial charge >= 0.3 is 0 Å². The largest absolute Gasteiger partial charge is 0.381 e. The Bertz CT molecular complexity index is 437. The minimum atomic E-state index is 0.191. The molecule has 3 fully saturated rings. The fourth-order valence-electron chi connectivity index (χ4n) is 4.94. The van der Waals surface area contributed by atoms with Crippen molar-refractivity contribution in [1.29, 1.82) is 0 Å². The van der Waals surface area contributed by atoms with Gasteiger partial charge in [0.05, 0.1) is 0 Å². The smallest absolute Gasteiger partial charge is 0.193 e. The van der Waals surface area contributed by atoms with Crippen molar-refractivity contribution in [2.24, 2.45) is 10.4 Å². The number of likely N-dealkylation sites (N-methyl/N-ethyl adjacent to an activating group) is 1. The first-order valence-electron chi connectivity index (χ1n) is 9.80. The van der Waals surface area contributed by atoms with E-state index in [1.54, 1.807) is 0 Å². The Kier molecular flexibility index (Phi) is 5.70. The summed E-state index contributed by atoms with van der Waals surface area (Å²) in [4.78, 5) is 9.49. The molecule has 3 rings (SSSR count). The molecule has 0 radical (unpaired) electrons. The van der Waals surface area contributed by atoms with Gasteiger partial charge in [-0.05, 0) is 51.6 Å². The fraction of sp³-hybridized carbons (Fsp3) is 0.947. The predicted octanol–water partition coefficient (Wildman–Crippen LogP) is 2.33. The maximum Gasteiger partial charge on any atom is 0.193 e. The van der Waals surface area contributed by atoms with Gasteiger partial charge in [-0.2, -0.15) is 0 Å². The molecule has 0 bridgehead atoms. The molecule has 1 saturated carbocycles. The van der Waals surface area contributed by atoms with Crippen LogP contribution in [0.3, 0.4) is 0 Å². The Labute approximate surface area is 147 Å². The van der Waals surface area contributed by atoms with Crippen LogP contribution in [-0.4, -0.2) is 75.3 Å². The first kappa shape index (κ1) is 18.0. The monoisotopic (exact) mass is 336 g/mol. The molecule has 2 heterocycles. The van der Waals surface area contributed by atoms with Crippen LogP contribution >= 0.6 is 0 Å². The van der Waals surface area contributed by atoms with E-state index in [1.807, 2.05) is 7.05 Å². The Morgan fingerprint density at radius 2 is 1.79 bits per heavy atom. The van der Waals surface area contributed by atoms with Crippen LogP contribution in [0.5, 0.6) is 0 Å². The Morgan fingerprint density at radius 3 is 2.42 bits per heavy atom. The minimum absolute atomic E-state index is 0.191. The molecule has 2 aliphatic heterocycles. The molecule has 0 atom stereocenters. The number of nitrogens with one attached hydrogen (secondary N) is 1. The number of nitrogens with zero attached hydrogens (tertiary/aromatic N) is 3. The molecule has 1 aliphatic carbocycles. The highest BCUT2D eigenvalue weighted by Crippen LogP contribution is 2.43. The second-order valence-electron chi connectivity index (χ2n) is 8.36. The Balaban J connectivity index is 1.59. The van der Waals surface area contributed by atoms with Crippen molar-refractivity contribution in [1.82, 2.24) is 15.1 Å². The zero-order valence-electron chi connectivity index (χ0n) is 15.9. The van der Waals surface area contributed by atoms with Gasteiger partial charge in [-0.15, -0.1) is 0 Å². The Morgan fingerprint density at radius 1 is 1.08 bits per heavy atom. The number of hydrogen-bond acceptors (Lipinski definition) is 3. The zero-order valence-corrected chi connectivity index (χ0v) is 15.9. The van der Waals surface area contributed by atoms with Crippen LogP contribution in [0.1, 0.15) is 51.4 Å². The molecular weight excluding hydrogens is 300 g/mol. The van der Waals surface area contributed by atoms with Crippen LogP contribution in [0, 0.1) is 5.41 Å². The van der Waals surface area contributed by atoms with Gasteiger partial charge in [-0.3, -0.25) is 4.99 Å². The summed E-state index contributed by atoms with van der Waals surface area (Å²) in [6.07, 6.45) is 10.6. The lowest BCUT2D eigenvalue weighted by atomic mass is 9.73. The van der Waals surface area contributed by atoms with E-state index >= 15 is 0 Å². The van der Waals surface area contributed by atoms with Gasteiger partial charge in [-0.25, -0.2) is 0 Å². The number of rotatable bonds is 3. The molecule has 2 saturated heterocycles. The van der Waals surface area contributed by atoms with E-state index in [1.165, 1.54) is 45.1 Å². The highest BCUT2D eigenvalue weighted by Gasteiger charge is 2.40. The van der Waals surface area contributed by atoms with Gasteiger partial charge in [0.25, 0.3) is 0 Å². The molecule has 0 aromatic rings. The second-order valence-corrected chi connectivity index (χ2v) is 8.36. The molecule has 0 amide bonds. The maximum absolute atomic E-state index is 5.59. The fourth-order valence-corrected chi connectivity index (χ4v) is 4.94. The van der Waals surface area contributed by atoms with E-state index in [9.17, 15) is 0 Å². The highest BCUT2D eigenvalue weighted by atomic mass is 16.5. The molecule has 3 aliphatic rings. The molecule has 24 heavy (non-hydrogen) atoms. The van der Waals surface area contributed by atoms with Crippen molar-refractivity contribution in [3.05, 3.63) is 0 Å². The summed E-state index contributed by atoms with van der Waals surface area (Å²) >= 11 is 0. The topological polar surface area (TPSA) is 40.1 Å². The molecule has 1 spiro atoms. The van der Waals surface area contributed by atoms with Crippen molar-refractivity contribution in [3.8, 4) is 0 Å². The SMILES string of the molecule is CN=C(NCC1(N(C)C)CCOCC1)N1CCC2(CCCCC2)C1. The summed E-state index contributed by atoms with van der Waals surface area (Å²) in [5.41, 5.74) is 0.768. The van der Waals surface area contributed by atoms with Crippen molar-refractivity contribution in [2.45, 2.75) is 56.9 Å². The van der Waals surface area contributed by atoms with E-state index in [0.29, 0.717) is 5.41 Å². The van der Waals surface area contributed by atoms with Crippen molar-refractivity contribution in [3.63, 3.8) is 0 Å². The molecule has 5 nitrogen and oxygen atoms in total. The number of guanidine groups is 1. The maximum atomic E-state index is 5.59. The average molecular weight is 337 g/mol. The standard InChI is InChI=1S/C19H36N4O/c1-20-17(21-15-19(22(2)3)10-13-24-14-11-19)23-12-9-18(16-23)7-5-4-6-8-18/h4-16H2,1-3H3,(H,20,21). The van der Waals surface area contributed by atoms with Crippen LogP contribution in [-0.2, 0) is 4.74 Å². The molecule has 1 N–H and O–H groups in total. The van der Waals surface area contributed by atoms with Gasteiger partial charge in [0.15, 0.2) is 5.96 Å². The summed E-state index contributed by atoms with van der Waals surface area (Å²) in [5.74, 6) is 1.10. The number of ether oxygens (including phenoxy) is 1. The van der Waals surface area contributed by atoms with E-state index in [4.69, 9.17) is 4.74 Å². The molecule has 0 aromatic heterocycles. The summed E-state index contributed by atoms with van der Waals surface area (Å²) in [6.45, 7) is 5.05. The first-order valence-corrected chi connectivity index (χ1v) is 9.80. The number of hydrogen-bond donors (Lipinski definition) is 1. The van der Waals surface area contributed by atoms with E-state index in [2.05, 4.69) is 34.2 Å². The average Bonchev–Trinajstić information content (AvgIpc) is 3.00. The van der Waals surface area contributed by atoms with Crippen molar-refractivity contribution in [2.75, 3.05) is 54.0 Å². The van der Waals surface area contributed by atoms with Crippen LogP contribution in [0.2, 0.25) is 0 Å². The normalized spacial score (nSPS) is 27.0. The molecular formula is C19H36N4O. The van der Waals surface area contributed by atoms with Crippen LogP contribution in [0.4, 0.5) is 0 Å². The summed E-state index contributed by atoms with van der Waals surface area (Å²) in [5, 5.41) is 3.70. The Hall–Kier alpha value is -0.810. The molecule has 5 heteroatoms. The van der Waals surface area contributed by atoms with E-state index in [-0.39, 0.29) is 5.54 Å². The van der Waals surface area contributed by atoms with Gasteiger partial charge in [-0.1, -0.05) is 19.3 Å². The molecule has 138 valence electrons. The van der Waals surface area contributed by atoms with Crippen LogP contribution < -0.4 is 5.32 Å². The predicted molar refractivity (Wildman–Crippen MR) is 99.5 cm³/mol. The third kappa shape index (κ3) is 3.72. The summed E-state index contributed by atoms with van der Waals surface area (Å²) in [7, 11) is 6.33. The lowest BCUT2D eigenvalue weighted by Gasteiger charge is -2.43. The minimum Gasteiger partial charge on any atom is -0.381 e. The summed E-state index contributed by atoms with van der Waals surface area (Å²) in [6, 6.07) is 0. The quantitative estimate of drug-likeness (QED) is 0.634. The van der Waals surface area contributed by atoms with Gasteiger partial charge in [0.1, 0.15) is 0 Å². The van der Waals surface area contributed by atoms with Crippen LogP contribution in [0.25, 0.3) is 0 Å².